The molecule has 0 aliphatic carbocycles. The quantitative estimate of drug-likeness (QED) is 0.756. The molecule has 1 aromatic rings. The molecule has 0 saturated carbocycles. The van der Waals surface area contributed by atoms with E-state index in [1.54, 1.807) is 11.0 Å². The van der Waals surface area contributed by atoms with E-state index in [1.807, 2.05) is 0 Å². The molecule has 0 amide bonds. The van der Waals surface area contributed by atoms with Crippen LogP contribution in [0, 0.1) is 6.92 Å². The highest BCUT2D eigenvalue weighted by Crippen LogP contribution is 2.28. The molecule has 7 heteroatoms. The number of aryl methyl sites for hydroxylation is 1. The van der Waals surface area contributed by atoms with Crippen LogP contribution in [0.2, 0.25) is 0 Å². The summed E-state index contributed by atoms with van der Waals surface area (Å²) < 4.78 is 42.8. The average molecular weight is 247 g/mol. The van der Waals surface area contributed by atoms with Gasteiger partial charge in [-0.25, -0.2) is 9.97 Å². The molecule has 0 spiro atoms. The van der Waals surface area contributed by atoms with Gasteiger partial charge in [0.25, 0.3) is 0 Å². The summed E-state index contributed by atoms with van der Waals surface area (Å²) in [6.45, 7) is 3.64. The van der Waals surface area contributed by atoms with E-state index in [0.717, 1.165) is 0 Å². The van der Waals surface area contributed by atoms with Crippen molar-refractivity contribution in [1.29, 1.82) is 0 Å². The molecular formula is C10H12F3N3O. The van der Waals surface area contributed by atoms with E-state index in [2.05, 4.69) is 9.97 Å². The Labute approximate surface area is 96.4 Å². The van der Waals surface area contributed by atoms with Gasteiger partial charge in [0.1, 0.15) is 5.82 Å². The molecule has 0 atom stereocenters. The summed E-state index contributed by atoms with van der Waals surface area (Å²) in [5.74, 6) is -0.771. The lowest BCUT2D eigenvalue weighted by atomic mass is 10.3. The second-order valence-electron chi connectivity index (χ2n) is 3.79. The van der Waals surface area contributed by atoms with Gasteiger partial charge in [-0.1, -0.05) is 0 Å². The van der Waals surface area contributed by atoms with Gasteiger partial charge >= 0.3 is 6.18 Å². The van der Waals surface area contributed by atoms with E-state index in [4.69, 9.17) is 4.74 Å². The first kappa shape index (κ1) is 12.1. The van der Waals surface area contributed by atoms with E-state index in [9.17, 15) is 13.2 Å². The maximum absolute atomic E-state index is 12.5. The van der Waals surface area contributed by atoms with Gasteiger partial charge in [-0.15, -0.1) is 0 Å². The van der Waals surface area contributed by atoms with E-state index in [1.165, 1.54) is 6.92 Å². The zero-order valence-corrected chi connectivity index (χ0v) is 9.29. The molecular weight excluding hydrogens is 235 g/mol. The number of alkyl halides is 3. The zero-order chi connectivity index (χ0) is 12.5. The molecule has 1 saturated heterocycles. The number of anilines is 1. The van der Waals surface area contributed by atoms with Crippen LogP contribution in [0.4, 0.5) is 19.0 Å². The number of halogens is 3. The summed E-state index contributed by atoms with van der Waals surface area (Å²) >= 11 is 0. The lowest BCUT2D eigenvalue weighted by Crippen LogP contribution is -2.37. The fraction of sp³-hybridized carbons (Fsp3) is 0.600. The van der Waals surface area contributed by atoms with Crippen LogP contribution in [0.5, 0.6) is 0 Å². The molecule has 1 aromatic heterocycles. The van der Waals surface area contributed by atoms with Gasteiger partial charge in [0.05, 0.1) is 13.2 Å². The van der Waals surface area contributed by atoms with E-state index < -0.39 is 12.0 Å². The van der Waals surface area contributed by atoms with Crippen LogP contribution in [-0.4, -0.2) is 36.3 Å². The number of aromatic nitrogens is 2. The third-order valence-electron chi connectivity index (χ3n) is 2.43. The van der Waals surface area contributed by atoms with Gasteiger partial charge in [-0.3, -0.25) is 0 Å². The second kappa shape index (κ2) is 4.48. The second-order valence-corrected chi connectivity index (χ2v) is 3.79. The zero-order valence-electron chi connectivity index (χ0n) is 9.29. The highest BCUT2D eigenvalue weighted by molar-refractivity contribution is 5.40. The molecule has 0 radical (unpaired) electrons. The molecule has 2 heterocycles. The monoisotopic (exact) mass is 247 g/mol. The van der Waals surface area contributed by atoms with Crippen molar-refractivity contribution in [2.24, 2.45) is 0 Å². The van der Waals surface area contributed by atoms with Gasteiger partial charge in [0, 0.05) is 24.8 Å². The summed E-state index contributed by atoms with van der Waals surface area (Å²) in [7, 11) is 0. The van der Waals surface area contributed by atoms with E-state index >= 15 is 0 Å². The Morgan fingerprint density at radius 1 is 1.24 bits per heavy atom. The summed E-state index contributed by atoms with van der Waals surface area (Å²) in [5.41, 5.74) is 0.314. The lowest BCUT2D eigenvalue weighted by molar-refractivity contribution is -0.145. The Kier molecular flexibility index (Phi) is 3.19. The molecule has 2 rings (SSSR count). The van der Waals surface area contributed by atoms with Crippen molar-refractivity contribution in [3.63, 3.8) is 0 Å². The van der Waals surface area contributed by atoms with Crippen LogP contribution in [0.25, 0.3) is 0 Å². The van der Waals surface area contributed by atoms with Gasteiger partial charge in [0.15, 0.2) is 0 Å². The van der Waals surface area contributed by atoms with Crippen LogP contribution < -0.4 is 4.90 Å². The number of hydrogen-bond acceptors (Lipinski definition) is 4. The van der Waals surface area contributed by atoms with Crippen molar-refractivity contribution in [3.8, 4) is 0 Å². The molecule has 1 aliphatic rings. The van der Waals surface area contributed by atoms with Crippen molar-refractivity contribution in [2.75, 3.05) is 31.2 Å². The molecule has 0 unspecified atom stereocenters. The summed E-state index contributed by atoms with van der Waals surface area (Å²) in [6, 6.07) is 1.56. The number of morpholine rings is 1. The Balaban J connectivity index is 2.31. The van der Waals surface area contributed by atoms with Gasteiger partial charge in [-0.2, -0.15) is 13.2 Å². The number of nitrogens with zero attached hydrogens (tertiary/aromatic N) is 3. The Morgan fingerprint density at radius 2 is 1.88 bits per heavy atom. The normalized spacial score (nSPS) is 17.3. The highest BCUT2D eigenvalue weighted by atomic mass is 19.4. The molecule has 0 aromatic carbocycles. The highest BCUT2D eigenvalue weighted by Gasteiger charge is 2.35. The topological polar surface area (TPSA) is 38.2 Å². The van der Waals surface area contributed by atoms with Crippen molar-refractivity contribution >= 4 is 5.82 Å². The Bertz CT molecular complexity index is 402. The van der Waals surface area contributed by atoms with Crippen molar-refractivity contribution in [1.82, 2.24) is 9.97 Å². The van der Waals surface area contributed by atoms with E-state index in [0.29, 0.717) is 37.8 Å². The molecule has 0 N–H and O–H groups in total. The number of hydrogen-bond donors (Lipinski definition) is 0. The third kappa shape index (κ3) is 2.85. The Morgan fingerprint density at radius 3 is 2.47 bits per heavy atom. The maximum Gasteiger partial charge on any atom is 0.451 e. The molecule has 1 aliphatic heterocycles. The summed E-state index contributed by atoms with van der Waals surface area (Å²) in [4.78, 5) is 8.74. The number of rotatable bonds is 1. The first-order chi connectivity index (χ1) is 7.97. The predicted octanol–water partition coefficient (Wildman–Crippen LogP) is 1.64. The smallest absolute Gasteiger partial charge is 0.378 e. The van der Waals surface area contributed by atoms with Crippen LogP contribution in [0.15, 0.2) is 6.07 Å². The fourth-order valence-electron chi connectivity index (χ4n) is 1.63. The molecule has 94 valence electrons. The minimum Gasteiger partial charge on any atom is -0.378 e. The maximum atomic E-state index is 12.5. The fourth-order valence-corrected chi connectivity index (χ4v) is 1.63. The van der Waals surface area contributed by atoms with Crippen molar-refractivity contribution in [3.05, 3.63) is 17.6 Å². The van der Waals surface area contributed by atoms with Crippen LogP contribution in [0.3, 0.4) is 0 Å². The van der Waals surface area contributed by atoms with E-state index in [-0.39, 0.29) is 0 Å². The molecule has 1 fully saturated rings. The Hall–Kier alpha value is -1.37. The summed E-state index contributed by atoms with van der Waals surface area (Å²) in [5, 5.41) is 0. The minimum atomic E-state index is -4.51. The molecule has 17 heavy (non-hydrogen) atoms. The molecule has 0 bridgehead atoms. The minimum absolute atomic E-state index is 0.313. The van der Waals surface area contributed by atoms with Crippen LogP contribution >= 0.6 is 0 Å². The largest absolute Gasteiger partial charge is 0.451 e. The average Bonchev–Trinajstić information content (AvgIpc) is 2.28. The first-order valence-corrected chi connectivity index (χ1v) is 5.22. The summed E-state index contributed by atoms with van der Waals surface area (Å²) in [6.07, 6.45) is -4.51. The number of ether oxygens (including phenoxy) is 1. The van der Waals surface area contributed by atoms with Gasteiger partial charge < -0.3 is 9.64 Å². The van der Waals surface area contributed by atoms with Crippen molar-refractivity contribution in [2.45, 2.75) is 13.1 Å². The molecule has 4 nitrogen and oxygen atoms in total. The lowest BCUT2D eigenvalue weighted by Gasteiger charge is -2.28. The van der Waals surface area contributed by atoms with Crippen molar-refractivity contribution < 1.29 is 17.9 Å². The standard InChI is InChI=1S/C10H12F3N3O/c1-7-6-8(16-2-4-17-5-3-16)15-9(14-7)10(11,12)13/h6H,2-5H2,1H3. The van der Waals surface area contributed by atoms with Crippen LogP contribution in [-0.2, 0) is 10.9 Å². The third-order valence-corrected chi connectivity index (χ3v) is 2.43. The SMILES string of the molecule is Cc1cc(N2CCOCC2)nc(C(F)(F)F)n1. The van der Waals surface area contributed by atoms with Gasteiger partial charge in [0.2, 0.25) is 5.82 Å². The first-order valence-electron chi connectivity index (χ1n) is 5.22. The van der Waals surface area contributed by atoms with Gasteiger partial charge in [-0.05, 0) is 6.92 Å². The van der Waals surface area contributed by atoms with Crippen LogP contribution in [0.1, 0.15) is 11.5 Å². The predicted molar refractivity (Wildman–Crippen MR) is 54.8 cm³/mol.